The minimum Gasteiger partial charge on any atom is -0.273 e. The summed E-state index contributed by atoms with van der Waals surface area (Å²) in [5.74, 6) is 0. The number of aryl methyl sites for hydroxylation is 1. The van der Waals surface area contributed by atoms with Crippen LogP contribution in [0.3, 0.4) is 0 Å². The van der Waals surface area contributed by atoms with Crippen LogP contribution < -0.4 is 4.72 Å². The van der Waals surface area contributed by atoms with Gasteiger partial charge in [0.15, 0.2) is 0 Å². The number of aromatic nitrogens is 2. The van der Waals surface area contributed by atoms with Crippen LogP contribution in [0.1, 0.15) is 11.3 Å². The number of hydrogen-bond donors (Lipinski definition) is 1. The predicted molar refractivity (Wildman–Crippen MR) is 73.3 cm³/mol. The molecule has 7 heteroatoms. The molecule has 0 radical (unpaired) electrons. The van der Waals surface area contributed by atoms with Gasteiger partial charge in [-0.15, -0.1) is 0 Å². The quantitative estimate of drug-likeness (QED) is 0.882. The number of benzene rings is 1. The van der Waals surface area contributed by atoms with Crippen molar-refractivity contribution in [3.8, 4) is 6.07 Å². The van der Waals surface area contributed by atoms with Gasteiger partial charge in [-0.2, -0.15) is 10.4 Å². The zero-order valence-corrected chi connectivity index (χ0v) is 11.8. The van der Waals surface area contributed by atoms with Crippen LogP contribution in [0.25, 0.3) is 0 Å². The van der Waals surface area contributed by atoms with Crippen LogP contribution in [0.15, 0.2) is 41.4 Å². The van der Waals surface area contributed by atoms with Crippen molar-refractivity contribution in [2.45, 2.75) is 11.3 Å². The van der Waals surface area contributed by atoms with E-state index in [1.54, 1.807) is 10.9 Å². The normalized spacial score (nSPS) is 11.2. The summed E-state index contributed by atoms with van der Waals surface area (Å²) in [5.41, 5.74) is 1.38. The standard InChI is InChI=1S/C13H14N4O2S/c1-17-12(6-8-15-17)7-9-16-20(18,19)13-4-2-11(10-14)3-5-13/h2-6,8,16H,7,9H2,1H3. The average molecular weight is 290 g/mol. The van der Waals surface area contributed by atoms with Gasteiger partial charge in [0.1, 0.15) is 0 Å². The highest BCUT2D eigenvalue weighted by Crippen LogP contribution is 2.10. The molecule has 0 saturated carbocycles. The smallest absolute Gasteiger partial charge is 0.240 e. The molecule has 0 spiro atoms. The highest BCUT2D eigenvalue weighted by Gasteiger charge is 2.13. The van der Waals surface area contributed by atoms with Gasteiger partial charge in [0, 0.05) is 31.9 Å². The second kappa shape index (κ2) is 5.86. The maximum absolute atomic E-state index is 12.0. The van der Waals surface area contributed by atoms with Crippen molar-refractivity contribution in [1.29, 1.82) is 5.26 Å². The summed E-state index contributed by atoms with van der Waals surface area (Å²) in [6, 6.07) is 9.60. The highest BCUT2D eigenvalue weighted by atomic mass is 32.2. The zero-order chi connectivity index (χ0) is 14.6. The van der Waals surface area contributed by atoms with Crippen LogP contribution in [0, 0.1) is 11.3 Å². The Kier molecular flexibility index (Phi) is 4.17. The first-order chi connectivity index (χ1) is 9.53. The van der Waals surface area contributed by atoms with Crippen molar-refractivity contribution in [2.24, 2.45) is 7.05 Å². The van der Waals surface area contributed by atoms with Crippen molar-refractivity contribution in [1.82, 2.24) is 14.5 Å². The third kappa shape index (κ3) is 3.23. The number of rotatable bonds is 5. The lowest BCUT2D eigenvalue weighted by molar-refractivity contribution is 0.579. The molecule has 104 valence electrons. The molecule has 1 heterocycles. The first kappa shape index (κ1) is 14.2. The Bertz CT molecular complexity index is 726. The van der Waals surface area contributed by atoms with E-state index in [1.165, 1.54) is 24.3 Å². The third-order valence-electron chi connectivity index (χ3n) is 2.89. The van der Waals surface area contributed by atoms with E-state index in [9.17, 15) is 8.42 Å². The molecule has 0 aliphatic heterocycles. The van der Waals surface area contributed by atoms with Crippen molar-refractivity contribution < 1.29 is 8.42 Å². The minimum atomic E-state index is -3.54. The van der Waals surface area contributed by atoms with Crippen molar-refractivity contribution >= 4 is 10.0 Å². The zero-order valence-electron chi connectivity index (χ0n) is 10.9. The van der Waals surface area contributed by atoms with Gasteiger partial charge in [0.25, 0.3) is 0 Å². The molecule has 0 fully saturated rings. The SMILES string of the molecule is Cn1nccc1CCNS(=O)(=O)c1ccc(C#N)cc1. The number of sulfonamides is 1. The predicted octanol–water partition coefficient (Wildman–Crippen LogP) is 0.813. The third-order valence-corrected chi connectivity index (χ3v) is 4.37. The summed E-state index contributed by atoms with van der Waals surface area (Å²) in [5, 5.41) is 12.7. The molecule has 0 unspecified atom stereocenters. The van der Waals surface area contributed by atoms with Gasteiger partial charge in [-0.1, -0.05) is 0 Å². The van der Waals surface area contributed by atoms with E-state index in [0.29, 0.717) is 18.5 Å². The molecule has 20 heavy (non-hydrogen) atoms. The molecular weight excluding hydrogens is 276 g/mol. The summed E-state index contributed by atoms with van der Waals surface area (Å²) < 4.78 is 28.3. The summed E-state index contributed by atoms with van der Waals surface area (Å²) in [4.78, 5) is 0.154. The minimum absolute atomic E-state index is 0.154. The van der Waals surface area contributed by atoms with Crippen LogP contribution in [0.5, 0.6) is 0 Å². The lowest BCUT2D eigenvalue weighted by Crippen LogP contribution is -2.26. The van der Waals surface area contributed by atoms with Gasteiger partial charge in [-0.05, 0) is 30.3 Å². The molecule has 2 aromatic rings. The van der Waals surface area contributed by atoms with Gasteiger partial charge < -0.3 is 0 Å². The van der Waals surface area contributed by atoms with Gasteiger partial charge >= 0.3 is 0 Å². The fraction of sp³-hybridized carbons (Fsp3) is 0.231. The Hall–Kier alpha value is -2.17. The van der Waals surface area contributed by atoms with Gasteiger partial charge in [-0.25, -0.2) is 13.1 Å². The van der Waals surface area contributed by atoms with Gasteiger partial charge in [0.05, 0.1) is 16.5 Å². The first-order valence-corrected chi connectivity index (χ1v) is 7.48. The Morgan fingerprint density at radius 3 is 2.55 bits per heavy atom. The van der Waals surface area contributed by atoms with E-state index in [0.717, 1.165) is 5.69 Å². The topological polar surface area (TPSA) is 87.8 Å². The van der Waals surface area contributed by atoms with Crippen LogP contribution in [-0.2, 0) is 23.5 Å². The average Bonchev–Trinajstić information content (AvgIpc) is 2.84. The first-order valence-electron chi connectivity index (χ1n) is 5.99. The molecule has 1 aromatic heterocycles. The largest absolute Gasteiger partial charge is 0.273 e. The molecule has 1 N–H and O–H groups in total. The highest BCUT2D eigenvalue weighted by molar-refractivity contribution is 7.89. The Morgan fingerprint density at radius 1 is 1.30 bits per heavy atom. The van der Waals surface area contributed by atoms with Crippen molar-refractivity contribution in [3.63, 3.8) is 0 Å². The molecule has 2 rings (SSSR count). The van der Waals surface area contributed by atoms with Gasteiger partial charge in [0.2, 0.25) is 10.0 Å². The van der Waals surface area contributed by atoms with E-state index in [-0.39, 0.29) is 4.90 Å². The number of nitrogens with one attached hydrogen (secondary N) is 1. The Morgan fingerprint density at radius 2 is 2.00 bits per heavy atom. The lowest BCUT2D eigenvalue weighted by Gasteiger charge is -2.07. The van der Waals surface area contributed by atoms with Crippen LogP contribution in [0.4, 0.5) is 0 Å². The maximum atomic E-state index is 12.0. The molecule has 0 amide bonds. The van der Waals surface area contributed by atoms with Crippen LogP contribution in [-0.4, -0.2) is 24.7 Å². The van der Waals surface area contributed by atoms with E-state index < -0.39 is 10.0 Å². The number of nitriles is 1. The fourth-order valence-corrected chi connectivity index (χ4v) is 2.78. The van der Waals surface area contributed by atoms with E-state index >= 15 is 0 Å². The van der Waals surface area contributed by atoms with E-state index in [1.807, 2.05) is 19.2 Å². The summed E-state index contributed by atoms with van der Waals surface area (Å²) >= 11 is 0. The van der Waals surface area contributed by atoms with Crippen LogP contribution >= 0.6 is 0 Å². The molecule has 0 aliphatic rings. The second-order valence-electron chi connectivity index (χ2n) is 4.23. The molecule has 0 saturated heterocycles. The molecule has 0 bridgehead atoms. The summed E-state index contributed by atoms with van der Waals surface area (Å²) in [7, 11) is -1.73. The lowest BCUT2D eigenvalue weighted by atomic mass is 10.2. The van der Waals surface area contributed by atoms with Crippen LogP contribution in [0.2, 0.25) is 0 Å². The Balaban J connectivity index is 2.00. The molecule has 0 atom stereocenters. The monoisotopic (exact) mass is 290 g/mol. The molecular formula is C13H14N4O2S. The van der Waals surface area contributed by atoms with Crippen molar-refractivity contribution in [2.75, 3.05) is 6.54 Å². The molecule has 0 aliphatic carbocycles. The fourth-order valence-electron chi connectivity index (χ4n) is 1.75. The number of hydrogen-bond acceptors (Lipinski definition) is 4. The van der Waals surface area contributed by atoms with E-state index in [4.69, 9.17) is 5.26 Å². The second-order valence-corrected chi connectivity index (χ2v) is 6.00. The maximum Gasteiger partial charge on any atom is 0.240 e. The number of nitrogens with zero attached hydrogens (tertiary/aromatic N) is 3. The van der Waals surface area contributed by atoms with Crippen molar-refractivity contribution in [3.05, 3.63) is 47.8 Å². The molecule has 6 nitrogen and oxygen atoms in total. The molecule has 1 aromatic carbocycles. The summed E-state index contributed by atoms with van der Waals surface area (Å²) in [6.07, 6.45) is 2.23. The summed E-state index contributed by atoms with van der Waals surface area (Å²) in [6.45, 7) is 0.294. The Labute approximate surface area is 117 Å². The van der Waals surface area contributed by atoms with Gasteiger partial charge in [-0.3, -0.25) is 4.68 Å². The van der Waals surface area contributed by atoms with E-state index in [2.05, 4.69) is 9.82 Å².